The molecule has 0 unspecified atom stereocenters. The molecule has 0 saturated heterocycles. The third-order valence-corrected chi connectivity index (χ3v) is 16.9. The summed E-state index contributed by atoms with van der Waals surface area (Å²) >= 11 is 0. The summed E-state index contributed by atoms with van der Waals surface area (Å²) in [5.41, 5.74) is 18.6. The van der Waals surface area contributed by atoms with Crippen LogP contribution in [0, 0.1) is 10.8 Å². The van der Waals surface area contributed by atoms with E-state index in [1.165, 1.54) is 6.33 Å². The van der Waals surface area contributed by atoms with E-state index < -0.39 is 47.4 Å². The van der Waals surface area contributed by atoms with E-state index in [1.807, 2.05) is 74.5 Å². The lowest BCUT2D eigenvalue weighted by atomic mass is 9.80. The summed E-state index contributed by atoms with van der Waals surface area (Å²) in [5.74, 6) is 0.738. The molecule has 11 rings (SSSR count). The zero-order valence-corrected chi connectivity index (χ0v) is 45.3. The molecule has 0 spiro atoms. The third kappa shape index (κ3) is 11.7. The number of hydrogen-bond acceptors (Lipinski definition) is 15. The van der Waals surface area contributed by atoms with E-state index in [0.29, 0.717) is 67.2 Å². The molecule has 8 atom stereocenters. The van der Waals surface area contributed by atoms with Gasteiger partial charge in [-0.25, -0.2) is 33.6 Å². The van der Waals surface area contributed by atoms with Crippen LogP contribution < -0.4 is 22.1 Å². The summed E-state index contributed by atoms with van der Waals surface area (Å²) in [6.07, 6.45) is 8.97. The Hall–Kier alpha value is -7.45. The molecule has 3 fully saturated rings. The summed E-state index contributed by atoms with van der Waals surface area (Å²) in [6.45, 7) is 8.22. The Balaban J connectivity index is 0.000000179. The van der Waals surface area contributed by atoms with Gasteiger partial charge >= 0.3 is 12.2 Å². The SMILES string of the molecule is CCCC(CCC)OC(=O)Nc1ccc2ccc(CC[C@@]3(C)C[C@@H](c4ccc5c(N)ncnn45)[C@H](O)[C@@H]3O)cc2n1.C[C@]1(CCc2ccc3ccc(NC(=O)OC4CCC4)nc3c2)C[C@@H](c2ccc3c(N)ccnn23)[C@H](O)[C@@H]1O. The Morgan fingerprint density at radius 1 is 0.684 bits per heavy atom. The van der Waals surface area contributed by atoms with Crippen LogP contribution in [0.25, 0.3) is 32.8 Å². The second-order valence-electron chi connectivity index (χ2n) is 22.6. The van der Waals surface area contributed by atoms with Gasteiger partial charge in [-0.05, 0) is 159 Å². The first kappa shape index (κ1) is 54.9. The molecule has 79 heavy (non-hydrogen) atoms. The van der Waals surface area contributed by atoms with Crippen molar-refractivity contribution < 1.29 is 39.5 Å². The predicted octanol–water partition coefficient (Wildman–Crippen LogP) is 9.64. The zero-order valence-electron chi connectivity index (χ0n) is 45.3. The van der Waals surface area contributed by atoms with E-state index in [0.717, 1.165) is 94.8 Å². The summed E-state index contributed by atoms with van der Waals surface area (Å²) in [5, 5.41) is 60.5. The predicted molar refractivity (Wildman–Crippen MR) is 304 cm³/mol. The van der Waals surface area contributed by atoms with Gasteiger partial charge in [-0.15, -0.1) is 0 Å². The maximum absolute atomic E-state index is 12.5. The first-order valence-electron chi connectivity index (χ1n) is 27.8. The van der Waals surface area contributed by atoms with Gasteiger partial charge < -0.3 is 41.4 Å². The van der Waals surface area contributed by atoms with Gasteiger partial charge in [0.15, 0.2) is 5.82 Å². The number of nitrogen functional groups attached to an aromatic ring is 2. The second kappa shape index (κ2) is 23.1. The number of anilines is 4. The molecule has 6 heterocycles. The number of aliphatic hydroxyl groups excluding tert-OH is 4. The maximum atomic E-state index is 12.5. The van der Waals surface area contributed by atoms with Gasteiger partial charge in [0.1, 0.15) is 35.7 Å². The second-order valence-corrected chi connectivity index (χ2v) is 22.6. The van der Waals surface area contributed by atoms with Crippen LogP contribution >= 0.6 is 0 Å². The lowest BCUT2D eigenvalue weighted by Crippen LogP contribution is -2.34. The Kier molecular flexibility index (Phi) is 16.0. The molecule has 3 saturated carbocycles. The Labute approximate surface area is 458 Å². The maximum Gasteiger partial charge on any atom is 0.413 e. The van der Waals surface area contributed by atoms with Crippen LogP contribution in [0.15, 0.2) is 104 Å². The van der Waals surface area contributed by atoms with Gasteiger partial charge in [-0.1, -0.05) is 64.8 Å². The minimum Gasteiger partial charge on any atom is -0.446 e. The highest BCUT2D eigenvalue weighted by atomic mass is 16.6. The van der Waals surface area contributed by atoms with E-state index in [4.69, 9.17) is 20.9 Å². The highest BCUT2D eigenvalue weighted by Gasteiger charge is 2.52. The average molecular weight is 1080 g/mol. The number of aromatic nitrogens is 7. The van der Waals surface area contributed by atoms with Crippen LogP contribution in [0.3, 0.4) is 0 Å². The molecule has 2 aromatic carbocycles. The number of aliphatic hydroxyl groups is 4. The fourth-order valence-corrected chi connectivity index (χ4v) is 12.0. The van der Waals surface area contributed by atoms with E-state index in [9.17, 15) is 30.0 Å². The highest BCUT2D eigenvalue weighted by molar-refractivity contribution is 5.88. The van der Waals surface area contributed by atoms with Crippen molar-refractivity contribution in [3.8, 4) is 0 Å². The number of benzene rings is 2. The number of nitrogens with two attached hydrogens (primary N) is 2. The lowest BCUT2D eigenvalue weighted by molar-refractivity contribution is -0.0204. The molecule has 416 valence electrons. The summed E-state index contributed by atoms with van der Waals surface area (Å²) in [6, 6.07) is 28.9. The number of carbonyl (C=O) groups excluding carboxylic acids is 2. The number of nitrogens with one attached hydrogen (secondary N) is 2. The molecule has 2 amide bonds. The standard InChI is InChI=1S/C31H40N6O4.C29H33N5O4/c1-4-6-21(7-5-2)41-30(40)36-26-13-10-20-9-8-19(16-23(20)35-26)14-15-31(3)17-22(27(38)28(31)39)24-11-12-25-29(32)33-18-34-37(24)25;1-29(16-20(26(35)27(29)36)23-8-9-24-21(30)12-14-31-34(23)24)13-11-17-5-6-18-7-10-25(32-22(18)15-17)33-28(37)38-19-3-2-4-19/h8-13,16,18,21-22,27-28,38-39H,4-7,14-15,17H2,1-3H3,(H2,32,33,34)(H,35,36,40);5-10,12,14-15,19-20,26-27,35-36H,2-4,11,13,16,30H2,1H3,(H,32,33,37)/t22-,27-,28-,31-;20-,26-,27-,29-/m00/s1. The summed E-state index contributed by atoms with van der Waals surface area (Å²) in [7, 11) is 0. The van der Waals surface area contributed by atoms with Gasteiger partial charge in [0.05, 0.1) is 46.7 Å². The molecule has 8 aromatic rings. The van der Waals surface area contributed by atoms with Gasteiger partial charge in [0, 0.05) is 40.2 Å². The molecule has 19 heteroatoms. The van der Waals surface area contributed by atoms with Gasteiger partial charge in [0.2, 0.25) is 0 Å². The normalized spacial score (nSPS) is 24.0. The minimum atomic E-state index is -0.921. The molecule has 3 aliphatic rings. The number of rotatable bonds is 16. The van der Waals surface area contributed by atoms with E-state index in [1.54, 1.807) is 33.4 Å². The minimum absolute atomic E-state index is 0.0123. The molecule has 0 aliphatic heterocycles. The lowest BCUT2D eigenvalue weighted by Gasteiger charge is -2.28. The Morgan fingerprint density at radius 3 is 1.73 bits per heavy atom. The number of fused-ring (bicyclic) bond motifs is 4. The number of hydrogen-bond donors (Lipinski definition) is 8. The van der Waals surface area contributed by atoms with Gasteiger partial charge in [-0.2, -0.15) is 10.2 Å². The van der Waals surface area contributed by atoms with Crippen molar-refractivity contribution in [2.24, 2.45) is 10.8 Å². The number of amides is 2. The molecule has 10 N–H and O–H groups in total. The van der Waals surface area contributed by atoms with Crippen LogP contribution in [0.1, 0.15) is 133 Å². The molecule has 0 radical (unpaired) electrons. The molecule has 0 bridgehead atoms. The van der Waals surface area contributed by atoms with Crippen LogP contribution in [0.2, 0.25) is 0 Å². The third-order valence-electron chi connectivity index (χ3n) is 16.9. The van der Waals surface area contributed by atoms with Crippen LogP contribution in [-0.2, 0) is 22.3 Å². The molecular weight excluding hydrogens is 1000 g/mol. The highest BCUT2D eigenvalue weighted by Crippen LogP contribution is 2.51. The van der Waals surface area contributed by atoms with Crippen molar-refractivity contribution in [1.82, 2.24) is 34.2 Å². The first-order valence-corrected chi connectivity index (χ1v) is 27.8. The van der Waals surface area contributed by atoms with Crippen LogP contribution in [0.4, 0.5) is 32.7 Å². The van der Waals surface area contributed by atoms with Crippen molar-refractivity contribution in [2.45, 2.75) is 160 Å². The van der Waals surface area contributed by atoms with Crippen molar-refractivity contribution in [1.29, 1.82) is 0 Å². The average Bonchev–Trinajstić information content (AvgIpc) is 4.34. The van der Waals surface area contributed by atoms with Crippen molar-refractivity contribution in [2.75, 3.05) is 22.1 Å². The Bertz CT molecular complexity index is 3470. The smallest absolute Gasteiger partial charge is 0.413 e. The monoisotopic (exact) mass is 1080 g/mol. The van der Waals surface area contributed by atoms with Gasteiger partial charge in [-0.3, -0.25) is 10.6 Å². The number of ether oxygens (including phenoxy) is 2. The number of aryl methyl sites for hydroxylation is 2. The molecule has 3 aliphatic carbocycles. The molecule has 6 aromatic heterocycles. The zero-order chi connectivity index (χ0) is 55.6. The fourth-order valence-electron chi connectivity index (χ4n) is 12.0. The molecular formula is C60H73N11O8. The first-order chi connectivity index (χ1) is 38.0. The van der Waals surface area contributed by atoms with Crippen molar-refractivity contribution in [3.63, 3.8) is 0 Å². The fraction of sp³-hybridized carbons (Fsp3) is 0.450. The van der Waals surface area contributed by atoms with E-state index in [2.05, 4.69) is 61.8 Å². The van der Waals surface area contributed by atoms with Crippen molar-refractivity contribution in [3.05, 3.63) is 126 Å². The topological polar surface area (TPSA) is 283 Å². The Morgan fingerprint density at radius 2 is 1.20 bits per heavy atom. The number of pyridine rings is 2. The number of nitrogens with zero attached hydrogens (tertiary/aromatic N) is 7. The largest absolute Gasteiger partial charge is 0.446 e. The summed E-state index contributed by atoms with van der Waals surface area (Å²) < 4.78 is 14.5. The van der Waals surface area contributed by atoms with E-state index in [-0.39, 0.29) is 24.0 Å². The van der Waals surface area contributed by atoms with Crippen LogP contribution in [-0.4, -0.2) is 103 Å². The quantitative estimate of drug-likeness (QED) is 0.0447. The number of carbonyl (C=O) groups is 2. The molecule has 19 nitrogen and oxygen atoms in total. The van der Waals surface area contributed by atoms with E-state index >= 15 is 0 Å². The van der Waals surface area contributed by atoms with Crippen molar-refractivity contribution >= 4 is 68.2 Å². The van der Waals surface area contributed by atoms with Crippen LogP contribution in [0.5, 0.6) is 0 Å². The van der Waals surface area contributed by atoms with Gasteiger partial charge in [0.25, 0.3) is 0 Å². The summed E-state index contributed by atoms with van der Waals surface area (Å²) in [4.78, 5) is 37.9.